The highest BCUT2D eigenvalue weighted by atomic mass is 35.5. The summed E-state index contributed by atoms with van der Waals surface area (Å²) in [7, 11) is -2.98. The average Bonchev–Trinajstić information content (AvgIpc) is 2.28. The molecule has 1 atom stereocenters. The van der Waals surface area contributed by atoms with Crippen LogP contribution in [0, 0.1) is 0 Å². The number of hydrogen-bond donors (Lipinski definition) is 2. The van der Waals surface area contributed by atoms with Gasteiger partial charge in [-0.1, -0.05) is 24.6 Å². The molecule has 3 N–H and O–H groups in total. The van der Waals surface area contributed by atoms with Crippen LogP contribution in [-0.4, -0.2) is 25.0 Å². The quantitative estimate of drug-likeness (QED) is 0.787. The summed E-state index contributed by atoms with van der Waals surface area (Å²) in [4.78, 5) is 0. The molecule has 0 amide bonds. The van der Waals surface area contributed by atoms with Crippen molar-refractivity contribution in [1.29, 1.82) is 0 Å². The molecule has 1 aromatic carbocycles. The number of nitrogen functional groups attached to an aromatic ring is 1. The molecular formula is C12H18ClNO3S. The van der Waals surface area contributed by atoms with Crippen molar-refractivity contribution in [3.8, 4) is 0 Å². The van der Waals surface area contributed by atoms with Crippen molar-refractivity contribution >= 4 is 27.1 Å². The van der Waals surface area contributed by atoms with Crippen LogP contribution < -0.4 is 5.73 Å². The lowest BCUT2D eigenvalue weighted by atomic mass is 10.0. The highest BCUT2D eigenvalue weighted by Gasteiger charge is 2.13. The second kappa shape index (κ2) is 6.41. The first-order valence-electron chi connectivity index (χ1n) is 5.79. The van der Waals surface area contributed by atoms with Gasteiger partial charge in [0.25, 0.3) is 0 Å². The molecule has 0 fully saturated rings. The third-order valence-corrected chi connectivity index (χ3v) is 4.81. The summed E-state index contributed by atoms with van der Waals surface area (Å²) < 4.78 is 22.6. The smallest absolute Gasteiger partial charge is 0.150 e. The molecule has 0 aliphatic rings. The van der Waals surface area contributed by atoms with Gasteiger partial charge in [-0.15, -0.1) is 0 Å². The second-order valence-corrected chi connectivity index (χ2v) is 7.08. The summed E-state index contributed by atoms with van der Waals surface area (Å²) in [6.45, 7) is 1.61. The van der Waals surface area contributed by atoms with E-state index in [1.807, 2.05) is 0 Å². The van der Waals surface area contributed by atoms with Crippen molar-refractivity contribution in [1.82, 2.24) is 0 Å². The molecule has 0 saturated carbocycles. The summed E-state index contributed by atoms with van der Waals surface area (Å²) in [5.74, 6) is 0.222. The maximum atomic E-state index is 11.3. The SMILES string of the molecule is CCS(=O)(=O)CCCC(O)c1ccc(Cl)cc1N. The van der Waals surface area contributed by atoms with Crippen LogP contribution in [-0.2, 0) is 9.84 Å². The van der Waals surface area contributed by atoms with Crippen LogP contribution in [0.3, 0.4) is 0 Å². The third-order valence-electron chi connectivity index (χ3n) is 2.78. The average molecular weight is 292 g/mol. The lowest BCUT2D eigenvalue weighted by Crippen LogP contribution is -2.10. The number of aliphatic hydroxyl groups excluding tert-OH is 1. The van der Waals surface area contributed by atoms with E-state index in [2.05, 4.69) is 0 Å². The maximum Gasteiger partial charge on any atom is 0.150 e. The molecule has 1 rings (SSSR count). The van der Waals surface area contributed by atoms with Gasteiger partial charge in [0.1, 0.15) is 9.84 Å². The number of nitrogens with two attached hydrogens (primary N) is 1. The van der Waals surface area contributed by atoms with Gasteiger partial charge in [-0.05, 0) is 25.0 Å². The Bertz CT molecular complexity index is 502. The summed E-state index contributed by atoms with van der Waals surface area (Å²) >= 11 is 5.76. The van der Waals surface area contributed by atoms with Gasteiger partial charge < -0.3 is 10.8 Å². The molecule has 0 radical (unpaired) electrons. The van der Waals surface area contributed by atoms with E-state index in [0.717, 1.165) is 0 Å². The van der Waals surface area contributed by atoms with Crippen molar-refractivity contribution in [3.05, 3.63) is 28.8 Å². The molecule has 0 aromatic heterocycles. The zero-order valence-electron chi connectivity index (χ0n) is 10.3. The van der Waals surface area contributed by atoms with Crippen molar-refractivity contribution < 1.29 is 13.5 Å². The van der Waals surface area contributed by atoms with Crippen molar-refractivity contribution in [2.45, 2.75) is 25.9 Å². The zero-order valence-corrected chi connectivity index (χ0v) is 11.8. The highest BCUT2D eigenvalue weighted by molar-refractivity contribution is 7.91. The van der Waals surface area contributed by atoms with Gasteiger partial charge in [-0.2, -0.15) is 0 Å². The Labute approximate surface area is 113 Å². The molecular weight excluding hydrogens is 274 g/mol. The van der Waals surface area contributed by atoms with Crippen LogP contribution >= 0.6 is 11.6 Å². The Balaban J connectivity index is 2.58. The van der Waals surface area contributed by atoms with Gasteiger partial charge in [0.2, 0.25) is 0 Å². The maximum absolute atomic E-state index is 11.3. The lowest BCUT2D eigenvalue weighted by Gasteiger charge is -2.13. The largest absolute Gasteiger partial charge is 0.398 e. The van der Waals surface area contributed by atoms with Crippen LogP contribution in [0.4, 0.5) is 5.69 Å². The molecule has 18 heavy (non-hydrogen) atoms. The van der Waals surface area contributed by atoms with Gasteiger partial charge in [0.15, 0.2) is 0 Å². The molecule has 0 spiro atoms. The van der Waals surface area contributed by atoms with E-state index in [-0.39, 0.29) is 11.5 Å². The minimum absolute atomic E-state index is 0.0913. The predicted octanol–water partition coefficient (Wildman–Crippen LogP) is 2.17. The second-order valence-electron chi connectivity index (χ2n) is 4.17. The van der Waals surface area contributed by atoms with Crippen molar-refractivity contribution in [2.75, 3.05) is 17.2 Å². The van der Waals surface area contributed by atoms with Gasteiger partial charge in [-0.25, -0.2) is 8.42 Å². The molecule has 0 aliphatic carbocycles. The van der Waals surface area contributed by atoms with Gasteiger partial charge >= 0.3 is 0 Å². The van der Waals surface area contributed by atoms with Crippen LogP contribution in [0.2, 0.25) is 5.02 Å². The van der Waals surface area contributed by atoms with Crippen LogP contribution in [0.25, 0.3) is 0 Å². The van der Waals surface area contributed by atoms with Crippen molar-refractivity contribution in [3.63, 3.8) is 0 Å². The van der Waals surface area contributed by atoms with E-state index in [0.29, 0.717) is 29.1 Å². The Hall–Kier alpha value is -0.780. The fourth-order valence-electron chi connectivity index (χ4n) is 1.65. The summed E-state index contributed by atoms with van der Waals surface area (Å²) in [5.41, 5.74) is 6.76. The minimum Gasteiger partial charge on any atom is -0.398 e. The van der Waals surface area contributed by atoms with Gasteiger partial charge in [-0.3, -0.25) is 0 Å². The number of hydrogen-bond acceptors (Lipinski definition) is 4. The minimum atomic E-state index is -2.98. The Morgan fingerprint density at radius 2 is 2.11 bits per heavy atom. The predicted molar refractivity (Wildman–Crippen MR) is 74.4 cm³/mol. The number of sulfone groups is 1. The normalized spacial score (nSPS) is 13.5. The van der Waals surface area contributed by atoms with E-state index in [9.17, 15) is 13.5 Å². The monoisotopic (exact) mass is 291 g/mol. The first-order valence-corrected chi connectivity index (χ1v) is 7.99. The van der Waals surface area contributed by atoms with Crippen LogP contribution in [0.15, 0.2) is 18.2 Å². The zero-order chi connectivity index (χ0) is 13.8. The Morgan fingerprint density at radius 1 is 1.44 bits per heavy atom. The number of anilines is 1. The first-order chi connectivity index (χ1) is 8.35. The molecule has 1 unspecified atom stereocenters. The number of rotatable bonds is 6. The van der Waals surface area contributed by atoms with Crippen molar-refractivity contribution in [2.24, 2.45) is 0 Å². The molecule has 0 bridgehead atoms. The molecule has 0 saturated heterocycles. The van der Waals surface area contributed by atoms with E-state index in [1.54, 1.807) is 25.1 Å². The van der Waals surface area contributed by atoms with E-state index in [4.69, 9.17) is 17.3 Å². The first kappa shape index (κ1) is 15.3. The molecule has 0 heterocycles. The fourth-order valence-corrected chi connectivity index (χ4v) is 2.72. The third kappa shape index (κ3) is 4.48. The summed E-state index contributed by atoms with van der Waals surface area (Å²) in [6, 6.07) is 4.89. The van der Waals surface area contributed by atoms with E-state index >= 15 is 0 Å². The van der Waals surface area contributed by atoms with Crippen LogP contribution in [0.5, 0.6) is 0 Å². The van der Waals surface area contributed by atoms with E-state index < -0.39 is 15.9 Å². The molecule has 0 aliphatic heterocycles. The molecule has 6 heteroatoms. The molecule has 102 valence electrons. The Kier molecular flexibility index (Phi) is 5.44. The topological polar surface area (TPSA) is 80.4 Å². The standard InChI is InChI=1S/C12H18ClNO3S/c1-2-18(16,17)7-3-4-12(15)10-6-5-9(13)8-11(10)14/h5-6,8,12,15H,2-4,7,14H2,1H3. The fraction of sp³-hybridized carbons (Fsp3) is 0.500. The summed E-state index contributed by atoms with van der Waals surface area (Å²) in [5, 5.41) is 10.5. The highest BCUT2D eigenvalue weighted by Crippen LogP contribution is 2.26. The van der Waals surface area contributed by atoms with Gasteiger partial charge in [0, 0.05) is 22.0 Å². The lowest BCUT2D eigenvalue weighted by molar-refractivity contribution is 0.167. The van der Waals surface area contributed by atoms with Gasteiger partial charge in [0.05, 0.1) is 11.9 Å². The number of aliphatic hydroxyl groups is 1. The summed E-state index contributed by atoms with van der Waals surface area (Å²) in [6.07, 6.45) is 0.0270. The van der Waals surface area contributed by atoms with Crippen LogP contribution in [0.1, 0.15) is 31.4 Å². The number of halogens is 1. The van der Waals surface area contributed by atoms with E-state index in [1.165, 1.54) is 0 Å². The molecule has 1 aromatic rings. The number of benzene rings is 1. The Morgan fingerprint density at radius 3 is 2.67 bits per heavy atom. The molecule has 4 nitrogen and oxygen atoms in total.